The molecule has 0 unspecified atom stereocenters. The molecule has 0 atom stereocenters. The predicted octanol–water partition coefficient (Wildman–Crippen LogP) is 2.85. The number of phenolic OH excluding ortho intramolecular Hbond substituents is 1. The Balaban J connectivity index is 3.13. The summed E-state index contributed by atoms with van der Waals surface area (Å²) in [6, 6.07) is 3.57. The highest BCUT2D eigenvalue weighted by Gasteiger charge is 2.17. The highest BCUT2D eigenvalue weighted by Crippen LogP contribution is 2.33. The van der Waals surface area contributed by atoms with Gasteiger partial charge in [-0.3, -0.25) is 0 Å². The molecule has 4 nitrogen and oxygen atoms in total. The van der Waals surface area contributed by atoms with Gasteiger partial charge in [0.1, 0.15) is 5.75 Å². The number of rotatable bonds is 3. The molecule has 0 radical (unpaired) electrons. The average molecular weight is 263 g/mol. The van der Waals surface area contributed by atoms with E-state index in [1.165, 1.54) is 12.2 Å². The lowest BCUT2D eigenvalue weighted by atomic mass is 9.85. The van der Waals surface area contributed by atoms with E-state index in [-0.39, 0.29) is 11.2 Å². The van der Waals surface area contributed by atoms with E-state index in [0.717, 1.165) is 5.56 Å². The van der Waals surface area contributed by atoms with Crippen LogP contribution in [0.4, 0.5) is 5.69 Å². The van der Waals surface area contributed by atoms with Gasteiger partial charge in [-0.25, -0.2) is 4.79 Å². The Morgan fingerprint density at radius 3 is 2.58 bits per heavy atom. The molecular formula is C15H21NO3. The van der Waals surface area contributed by atoms with Crippen molar-refractivity contribution in [2.24, 2.45) is 0 Å². The van der Waals surface area contributed by atoms with Gasteiger partial charge >= 0.3 is 5.97 Å². The quantitative estimate of drug-likeness (QED) is 0.380. The minimum atomic E-state index is -0.443. The summed E-state index contributed by atoms with van der Waals surface area (Å²) in [7, 11) is 0. The minimum absolute atomic E-state index is 0.0199. The fourth-order valence-electron chi connectivity index (χ4n) is 1.59. The van der Waals surface area contributed by atoms with Gasteiger partial charge in [0.25, 0.3) is 0 Å². The van der Waals surface area contributed by atoms with E-state index < -0.39 is 5.97 Å². The van der Waals surface area contributed by atoms with Gasteiger partial charge in [0.15, 0.2) is 0 Å². The fourth-order valence-corrected chi connectivity index (χ4v) is 1.59. The van der Waals surface area contributed by atoms with Crippen molar-refractivity contribution in [2.75, 3.05) is 12.3 Å². The number of benzene rings is 1. The van der Waals surface area contributed by atoms with Crippen LogP contribution < -0.4 is 5.73 Å². The topological polar surface area (TPSA) is 72.5 Å². The Hall–Kier alpha value is -1.97. The van der Waals surface area contributed by atoms with Gasteiger partial charge in [-0.05, 0) is 36.1 Å². The van der Waals surface area contributed by atoms with E-state index >= 15 is 0 Å². The van der Waals surface area contributed by atoms with E-state index in [9.17, 15) is 9.90 Å². The van der Waals surface area contributed by atoms with Crippen LogP contribution in [-0.4, -0.2) is 17.7 Å². The van der Waals surface area contributed by atoms with Crippen molar-refractivity contribution in [3.05, 3.63) is 29.3 Å². The van der Waals surface area contributed by atoms with Crippen LogP contribution in [0.15, 0.2) is 18.2 Å². The van der Waals surface area contributed by atoms with E-state index in [1.807, 2.05) is 6.07 Å². The van der Waals surface area contributed by atoms with Gasteiger partial charge in [-0.1, -0.05) is 20.8 Å². The second kappa shape index (κ2) is 5.78. The van der Waals surface area contributed by atoms with Crippen molar-refractivity contribution >= 4 is 17.7 Å². The fraction of sp³-hybridized carbons (Fsp3) is 0.400. The molecule has 0 fully saturated rings. The molecule has 1 aromatic carbocycles. The zero-order valence-electron chi connectivity index (χ0n) is 11.9. The summed E-state index contributed by atoms with van der Waals surface area (Å²) in [5.74, 6) is -0.463. The predicted molar refractivity (Wildman–Crippen MR) is 76.9 cm³/mol. The van der Waals surface area contributed by atoms with Crippen LogP contribution in [0.2, 0.25) is 0 Å². The average Bonchev–Trinajstić information content (AvgIpc) is 2.30. The molecule has 0 aromatic heterocycles. The number of aromatic hydroxyl groups is 1. The SMILES string of the molecule is CCOC(=O)C=Cc1cc(C(C)(C)C)cc(N)c1O. The molecule has 104 valence electrons. The van der Waals surface area contributed by atoms with Crippen molar-refractivity contribution in [3.63, 3.8) is 0 Å². The molecule has 0 amide bonds. The molecular weight excluding hydrogens is 242 g/mol. The monoisotopic (exact) mass is 263 g/mol. The maximum Gasteiger partial charge on any atom is 0.330 e. The Morgan fingerprint density at radius 1 is 1.42 bits per heavy atom. The highest BCUT2D eigenvalue weighted by molar-refractivity contribution is 5.88. The molecule has 4 heteroatoms. The van der Waals surface area contributed by atoms with Crippen LogP contribution in [0, 0.1) is 0 Å². The van der Waals surface area contributed by atoms with Gasteiger partial charge < -0.3 is 15.6 Å². The summed E-state index contributed by atoms with van der Waals surface area (Å²) in [5, 5.41) is 9.90. The molecule has 0 aliphatic carbocycles. The van der Waals surface area contributed by atoms with Crippen molar-refractivity contribution in [3.8, 4) is 5.75 Å². The minimum Gasteiger partial charge on any atom is -0.505 e. The first-order chi connectivity index (χ1) is 8.75. The second-order valence-electron chi connectivity index (χ2n) is 5.34. The smallest absolute Gasteiger partial charge is 0.330 e. The van der Waals surface area contributed by atoms with Crippen molar-refractivity contribution < 1.29 is 14.6 Å². The van der Waals surface area contributed by atoms with Gasteiger partial charge in [-0.15, -0.1) is 0 Å². The third-order valence-electron chi connectivity index (χ3n) is 2.72. The number of carbonyl (C=O) groups is 1. The van der Waals surface area contributed by atoms with Crippen LogP contribution in [0.5, 0.6) is 5.75 Å². The molecule has 1 rings (SSSR count). The number of carbonyl (C=O) groups excluding carboxylic acids is 1. The van der Waals surface area contributed by atoms with Gasteiger partial charge in [0.05, 0.1) is 12.3 Å². The number of hydrogen-bond donors (Lipinski definition) is 2. The van der Waals surface area contributed by atoms with Crippen LogP contribution in [0.1, 0.15) is 38.8 Å². The maximum atomic E-state index is 11.3. The van der Waals surface area contributed by atoms with E-state index in [0.29, 0.717) is 17.9 Å². The lowest BCUT2D eigenvalue weighted by molar-refractivity contribution is -0.137. The Bertz CT molecular complexity index is 499. The first-order valence-electron chi connectivity index (χ1n) is 6.23. The molecule has 0 saturated heterocycles. The van der Waals surface area contributed by atoms with Crippen LogP contribution >= 0.6 is 0 Å². The zero-order valence-corrected chi connectivity index (χ0v) is 11.9. The molecule has 0 saturated carbocycles. The highest BCUT2D eigenvalue weighted by atomic mass is 16.5. The number of esters is 1. The molecule has 0 heterocycles. The second-order valence-corrected chi connectivity index (χ2v) is 5.34. The van der Waals surface area contributed by atoms with E-state index in [2.05, 4.69) is 20.8 Å². The van der Waals surface area contributed by atoms with Crippen LogP contribution in [-0.2, 0) is 14.9 Å². The molecule has 0 aliphatic rings. The molecule has 3 N–H and O–H groups in total. The van der Waals surface area contributed by atoms with Gasteiger partial charge in [-0.2, -0.15) is 0 Å². The maximum absolute atomic E-state index is 11.3. The first-order valence-corrected chi connectivity index (χ1v) is 6.23. The Labute approximate surface area is 113 Å². The number of ether oxygens (including phenoxy) is 1. The summed E-state index contributed by atoms with van der Waals surface area (Å²) in [6.07, 6.45) is 2.80. The standard InChI is InChI=1S/C15H21NO3/c1-5-19-13(17)7-6-10-8-11(15(2,3)4)9-12(16)14(10)18/h6-9,18H,5,16H2,1-4H3. The number of hydrogen-bond acceptors (Lipinski definition) is 4. The first kappa shape index (κ1) is 15.1. The van der Waals surface area contributed by atoms with Crippen molar-refractivity contribution in [1.29, 1.82) is 0 Å². The molecule has 0 aliphatic heterocycles. The van der Waals surface area contributed by atoms with E-state index in [4.69, 9.17) is 10.5 Å². The Kier molecular flexibility index (Phi) is 4.59. The third-order valence-corrected chi connectivity index (χ3v) is 2.72. The summed E-state index contributed by atoms with van der Waals surface area (Å²) < 4.78 is 4.79. The normalized spacial score (nSPS) is 11.8. The van der Waals surface area contributed by atoms with Crippen LogP contribution in [0.3, 0.4) is 0 Å². The molecule has 19 heavy (non-hydrogen) atoms. The summed E-state index contributed by atoms with van der Waals surface area (Å²) >= 11 is 0. The summed E-state index contributed by atoms with van der Waals surface area (Å²) in [5.41, 5.74) is 7.50. The number of nitrogen functional groups attached to an aromatic ring is 1. The lowest BCUT2D eigenvalue weighted by Crippen LogP contribution is -2.12. The van der Waals surface area contributed by atoms with Gasteiger partial charge in [0, 0.05) is 11.6 Å². The van der Waals surface area contributed by atoms with Crippen molar-refractivity contribution in [2.45, 2.75) is 33.1 Å². The summed E-state index contributed by atoms with van der Waals surface area (Å²) in [6.45, 7) is 8.22. The largest absolute Gasteiger partial charge is 0.505 e. The zero-order chi connectivity index (χ0) is 14.6. The molecule has 1 aromatic rings. The molecule has 0 bridgehead atoms. The van der Waals surface area contributed by atoms with Crippen LogP contribution in [0.25, 0.3) is 6.08 Å². The Morgan fingerprint density at radius 2 is 2.05 bits per heavy atom. The summed E-state index contributed by atoms with van der Waals surface area (Å²) in [4.78, 5) is 11.3. The van der Waals surface area contributed by atoms with E-state index in [1.54, 1.807) is 13.0 Å². The van der Waals surface area contributed by atoms with Crippen molar-refractivity contribution in [1.82, 2.24) is 0 Å². The number of phenols is 1. The van der Waals surface area contributed by atoms with Gasteiger partial charge in [0.2, 0.25) is 0 Å². The number of nitrogens with two attached hydrogens (primary N) is 1. The molecule has 0 spiro atoms. The number of anilines is 1. The lowest BCUT2D eigenvalue weighted by Gasteiger charge is -2.20. The third kappa shape index (κ3) is 4.02.